The van der Waals surface area contributed by atoms with Crippen molar-refractivity contribution in [2.45, 2.75) is 13.5 Å². The van der Waals surface area contributed by atoms with Crippen LogP contribution >= 0.6 is 11.6 Å². The molecular formula is C9H10ClN3. The van der Waals surface area contributed by atoms with E-state index in [1.807, 2.05) is 23.6 Å². The molecule has 0 bridgehead atoms. The molecule has 0 aromatic carbocycles. The summed E-state index contributed by atoms with van der Waals surface area (Å²) in [6, 6.07) is 1.85. The van der Waals surface area contributed by atoms with E-state index >= 15 is 0 Å². The number of aryl methyl sites for hydroxylation is 1. The molecule has 0 saturated heterocycles. The summed E-state index contributed by atoms with van der Waals surface area (Å²) in [5.74, 6) is 0. The molecule has 4 heteroatoms. The summed E-state index contributed by atoms with van der Waals surface area (Å²) < 4.78 is 1.93. The Kier molecular flexibility index (Phi) is 1.98. The first kappa shape index (κ1) is 8.53. The predicted molar refractivity (Wildman–Crippen MR) is 52.8 cm³/mol. The van der Waals surface area contributed by atoms with E-state index in [9.17, 15) is 0 Å². The van der Waals surface area contributed by atoms with Crippen LogP contribution in [-0.2, 0) is 6.54 Å². The van der Waals surface area contributed by atoms with Gasteiger partial charge in [0, 0.05) is 17.8 Å². The molecule has 0 unspecified atom stereocenters. The Morgan fingerprint density at radius 1 is 1.62 bits per heavy atom. The monoisotopic (exact) mass is 195 g/mol. The Labute approximate surface area is 81.1 Å². The second kappa shape index (κ2) is 3.01. The van der Waals surface area contributed by atoms with Crippen LogP contribution in [0, 0.1) is 6.92 Å². The van der Waals surface area contributed by atoms with Gasteiger partial charge in [-0.15, -0.1) is 0 Å². The zero-order valence-electron chi connectivity index (χ0n) is 7.29. The maximum absolute atomic E-state index is 5.99. The van der Waals surface area contributed by atoms with Crippen LogP contribution < -0.4 is 5.73 Å². The number of nitrogens with zero attached hydrogens (tertiary/aromatic N) is 2. The smallest absolute Gasteiger partial charge is 0.0996 e. The van der Waals surface area contributed by atoms with Crippen molar-refractivity contribution in [3.05, 3.63) is 34.9 Å². The molecule has 0 saturated carbocycles. The number of nitrogens with two attached hydrogens (primary N) is 1. The SMILES string of the molecule is Cc1c(Cl)ccn2cnc(CN)c12. The average Bonchev–Trinajstić information content (AvgIpc) is 2.55. The fourth-order valence-corrected chi connectivity index (χ4v) is 1.60. The third-order valence-corrected chi connectivity index (χ3v) is 2.57. The van der Waals surface area contributed by atoms with Crippen molar-refractivity contribution >= 4 is 17.1 Å². The van der Waals surface area contributed by atoms with Gasteiger partial charge in [-0.05, 0) is 18.6 Å². The van der Waals surface area contributed by atoms with E-state index in [-0.39, 0.29) is 0 Å². The van der Waals surface area contributed by atoms with Crippen LogP contribution in [0.4, 0.5) is 0 Å². The third kappa shape index (κ3) is 1.20. The van der Waals surface area contributed by atoms with Crippen molar-refractivity contribution < 1.29 is 0 Å². The van der Waals surface area contributed by atoms with E-state index < -0.39 is 0 Å². The molecule has 2 aromatic heterocycles. The summed E-state index contributed by atoms with van der Waals surface area (Å²) in [6.45, 7) is 2.41. The average molecular weight is 196 g/mol. The normalized spacial score (nSPS) is 11.0. The van der Waals surface area contributed by atoms with Crippen LogP contribution in [0.1, 0.15) is 11.3 Å². The number of aromatic nitrogens is 2. The van der Waals surface area contributed by atoms with Crippen LogP contribution in [0.5, 0.6) is 0 Å². The van der Waals surface area contributed by atoms with Gasteiger partial charge in [0.25, 0.3) is 0 Å². The minimum atomic E-state index is 0.442. The lowest BCUT2D eigenvalue weighted by molar-refractivity contribution is 1.02. The fraction of sp³-hybridized carbons (Fsp3) is 0.222. The quantitative estimate of drug-likeness (QED) is 0.754. The second-order valence-corrected chi connectivity index (χ2v) is 3.35. The van der Waals surface area contributed by atoms with Gasteiger partial charge in [-0.2, -0.15) is 0 Å². The van der Waals surface area contributed by atoms with E-state index in [1.165, 1.54) is 0 Å². The molecule has 13 heavy (non-hydrogen) atoms. The highest BCUT2D eigenvalue weighted by Gasteiger charge is 2.07. The zero-order chi connectivity index (χ0) is 9.42. The topological polar surface area (TPSA) is 43.3 Å². The molecule has 2 N–H and O–H groups in total. The third-order valence-electron chi connectivity index (χ3n) is 2.16. The summed E-state index contributed by atoms with van der Waals surface area (Å²) in [5.41, 5.74) is 8.50. The van der Waals surface area contributed by atoms with E-state index in [0.717, 1.165) is 21.8 Å². The van der Waals surface area contributed by atoms with Crippen molar-refractivity contribution in [3.8, 4) is 0 Å². The van der Waals surface area contributed by atoms with Gasteiger partial charge in [0.05, 0.1) is 17.5 Å². The minimum absolute atomic E-state index is 0.442. The number of pyridine rings is 1. The van der Waals surface area contributed by atoms with Gasteiger partial charge in [0.2, 0.25) is 0 Å². The van der Waals surface area contributed by atoms with Gasteiger partial charge < -0.3 is 10.1 Å². The first-order valence-corrected chi connectivity index (χ1v) is 4.42. The molecule has 2 aromatic rings. The largest absolute Gasteiger partial charge is 0.325 e. The van der Waals surface area contributed by atoms with Crippen molar-refractivity contribution in [1.29, 1.82) is 0 Å². The Morgan fingerprint density at radius 2 is 2.38 bits per heavy atom. The lowest BCUT2D eigenvalue weighted by atomic mass is 10.2. The summed E-state index contributed by atoms with van der Waals surface area (Å²) in [5, 5.41) is 0.753. The Bertz CT molecular complexity index is 447. The molecule has 0 radical (unpaired) electrons. The molecule has 2 heterocycles. The van der Waals surface area contributed by atoms with Crippen LogP contribution in [0.2, 0.25) is 5.02 Å². The van der Waals surface area contributed by atoms with E-state index in [2.05, 4.69) is 4.98 Å². The molecule has 3 nitrogen and oxygen atoms in total. The number of rotatable bonds is 1. The number of halogens is 1. The summed E-state index contributed by atoms with van der Waals surface area (Å²) in [6.07, 6.45) is 3.64. The van der Waals surface area contributed by atoms with Gasteiger partial charge in [0.1, 0.15) is 0 Å². The molecule has 0 amide bonds. The zero-order valence-corrected chi connectivity index (χ0v) is 8.04. The molecule has 0 aliphatic heterocycles. The van der Waals surface area contributed by atoms with Crippen LogP contribution in [-0.4, -0.2) is 9.38 Å². The highest BCUT2D eigenvalue weighted by Crippen LogP contribution is 2.21. The molecule has 68 valence electrons. The number of hydrogen-bond donors (Lipinski definition) is 1. The van der Waals surface area contributed by atoms with Gasteiger partial charge in [-0.1, -0.05) is 11.6 Å². The first-order valence-electron chi connectivity index (χ1n) is 4.04. The highest BCUT2D eigenvalue weighted by atomic mass is 35.5. The van der Waals surface area contributed by atoms with Crippen molar-refractivity contribution in [3.63, 3.8) is 0 Å². The molecule has 0 aliphatic carbocycles. The number of fused-ring (bicyclic) bond motifs is 1. The van der Waals surface area contributed by atoms with Crippen molar-refractivity contribution in [1.82, 2.24) is 9.38 Å². The van der Waals surface area contributed by atoms with Crippen molar-refractivity contribution in [2.24, 2.45) is 5.73 Å². The maximum Gasteiger partial charge on any atom is 0.0996 e. The van der Waals surface area contributed by atoms with E-state index in [1.54, 1.807) is 6.33 Å². The summed E-state index contributed by atoms with van der Waals surface area (Å²) in [7, 11) is 0. The van der Waals surface area contributed by atoms with E-state index in [0.29, 0.717) is 6.54 Å². The Morgan fingerprint density at radius 3 is 3.08 bits per heavy atom. The lowest BCUT2D eigenvalue weighted by Crippen LogP contribution is -1.98. The Balaban J connectivity index is 2.85. The molecular weight excluding hydrogens is 186 g/mol. The van der Waals surface area contributed by atoms with Crippen LogP contribution in [0.25, 0.3) is 5.52 Å². The van der Waals surface area contributed by atoms with Crippen LogP contribution in [0.15, 0.2) is 18.6 Å². The second-order valence-electron chi connectivity index (χ2n) is 2.94. The molecule has 2 rings (SSSR count). The highest BCUT2D eigenvalue weighted by molar-refractivity contribution is 6.31. The van der Waals surface area contributed by atoms with Gasteiger partial charge in [-0.25, -0.2) is 4.98 Å². The lowest BCUT2D eigenvalue weighted by Gasteiger charge is -2.02. The van der Waals surface area contributed by atoms with Gasteiger partial charge in [0.15, 0.2) is 0 Å². The standard InChI is InChI=1S/C9H10ClN3/c1-6-7(10)2-3-13-5-12-8(4-11)9(6)13/h2-3,5H,4,11H2,1H3. The maximum atomic E-state index is 5.99. The molecule has 0 aliphatic rings. The van der Waals surface area contributed by atoms with E-state index in [4.69, 9.17) is 17.3 Å². The van der Waals surface area contributed by atoms with Gasteiger partial charge >= 0.3 is 0 Å². The van der Waals surface area contributed by atoms with Crippen molar-refractivity contribution in [2.75, 3.05) is 0 Å². The first-order chi connectivity index (χ1) is 6.24. The Hall–Kier alpha value is -1.06. The minimum Gasteiger partial charge on any atom is -0.325 e. The molecule has 0 atom stereocenters. The molecule has 0 fully saturated rings. The fourth-order valence-electron chi connectivity index (χ4n) is 1.46. The molecule has 0 spiro atoms. The van der Waals surface area contributed by atoms with Gasteiger partial charge in [-0.3, -0.25) is 0 Å². The number of hydrogen-bond acceptors (Lipinski definition) is 2. The summed E-state index contributed by atoms with van der Waals surface area (Å²) in [4.78, 5) is 4.20. The summed E-state index contributed by atoms with van der Waals surface area (Å²) >= 11 is 5.99. The van der Waals surface area contributed by atoms with Crippen LogP contribution in [0.3, 0.4) is 0 Å². The number of imidazole rings is 1. The predicted octanol–water partition coefficient (Wildman–Crippen LogP) is 1.75.